The van der Waals surface area contributed by atoms with Crippen LogP contribution in [0.4, 0.5) is 14.6 Å². The lowest BCUT2D eigenvalue weighted by atomic mass is 10.2. The number of aromatic nitrogens is 4. The van der Waals surface area contributed by atoms with Gasteiger partial charge in [-0.2, -0.15) is 13.9 Å². The Morgan fingerprint density at radius 2 is 2.03 bits per heavy atom. The average molecular weight is 418 g/mol. The van der Waals surface area contributed by atoms with Gasteiger partial charge >= 0.3 is 6.61 Å². The van der Waals surface area contributed by atoms with Gasteiger partial charge in [0.15, 0.2) is 11.6 Å². The predicted molar refractivity (Wildman–Crippen MR) is 111 cm³/mol. The van der Waals surface area contributed by atoms with Gasteiger partial charge in [0.2, 0.25) is 0 Å². The molecule has 0 unspecified atom stereocenters. The highest BCUT2D eigenvalue weighted by Crippen LogP contribution is 2.21. The van der Waals surface area contributed by atoms with E-state index in [2.05, 4.69) is 40.7 Å². The van der Waals surface area contributed by atoms with E-state index < -0.39 is 6.61 Å². The molecular formula is C19H24F2N8O. The van der Waals surface area contributed by atoms with Crippen molar-refractivity contribution in [2.24, 2.45) is 12.0 Å². The van der Waals surface area contributed by atoms with Gasteiger partial charge in [-0.05, 0) is 13.0 Å². The molecule has 0 spiro atoms. The summed E-state index contributed by atoms with van der Waals surface area (Å²) in [4.78, 5) is 12.9. The third-order valence-corrected chi connectivity index (χ3v) is 4.18. The summed E-state index contributed by atoms with van der Waals surface area (Å²) >= 11 is 0. The molecule has 1 aromatic carbocycles. The molecule has 0 amide bonds. The summed E-state index contributed by atoms with van der Waals surface area (Å²) < 4.78 is 31.4. The van der Waals surface area contributed by atoms with Gasteiger partial charge in [0, 0.05) is 32.2 Å². The monoisotopic (exact) mass is 418 g/mol. The predicted octanol–water partition coefficient (Wildman–Crippen LogP) is 2.13. The van der Waals surface area contributed by atoms with Gasteiger partial charge in [0.25, 0.3) is 0 Å². The van der Waals surface area contributed by atoms with Gasteiger partial charge in [-0.25, -0.2) is 15.0 Å². The van der Waals surface area contributed by atoms with Crippen LogP contribution < -0.4 is 20.7 Å². The Bertz CT molecular complexity index is 992. The Kier molecular flexibility index (Phi) is 7.30. The fraction of sp³-hybridized carbons (Fsp3) is 0.368. The number of para-hydroxylation sites is 1. The molecule has 0 aliphatic heterocycles. The molecular weight excluding hydrogens is 394 g/mol. The summed E-state index contributed by atoms with van der Waals surface area (Å²) in [6.07, 6.45) is 3.21. The van der Waals surface area contributed by atoms with Crippen LogP contribution in [0.3, 0.4) is 0 Å². The van der Waals surface area contributed by atoms with Crippen molar-refractivity contribution < 1.29 is 13.5 Å². The van der Waals surface area contributed by atoms with Crippen LogP contribution in [0.25, 0.3) is 11.0 Å². The fourth-order valence-electron chi connectivity index (χ4n) is 2.82. The molecule has 0 aliphatic rings. The first-order valence-electron chi connectivity index (χ1n) is 9.50. The van der Waals surface area contributed by atoms with Crippen LogP contribution in [0, 0.1) is 0 Å². The molecule has 11 heteroatoms. The third-order valence-electron chi connectivity index (χ3n) is 4.18. The Morgan fingerprint density at radius 3 is 2.83 bits per heavy atom. The topological polar surface area (TPSA) is 101 Å². The summed E-state index contributed by atoms with van der Waals surface area (Å²) in [5.74, 6) is 1.40. The van der Waals surface area contributed by atoms with E-state index >= 15 is 0 Å². The van der Waals surface area contributed by atoms with Crippen molar-refractivity contribution in [3.05, 3.63) is 42.4 Å². The van der Waals surface area contributed by atoms with Crippen molar-refractivity contribution in [1.82, 2.24) is 30.4 Å². The van der Waals surface area contributed by atoms with Gasteiger partial charge in [0.1, 0.15) is 17.9 Å². The Hall–Kier alpha value is -3.50. The molecule has 3 rings (SSSR count). The quantitative estimate of drug-likeness (QED) is 0.278. The SMILES string of the molecule is CCNC(=NCc1ccccc1OC(F)F)NCCNc1ncnc2c1cnn2C. The number of rotatable bonds is 9. The fourth-order valence-corrected chi connectivity index (χ4v) is 2.82. The lowest BCUT2D eigenvalue weighted by Crippen LogP contribution is -2.39. The van der Waals surface area contributed by atoms with Crippen molar-refractivity contribution >= 4 is 22.8 Å². The van der Waals surface area contributed by atoms with Crippen LogP contribution >= 0.6 is 0 Å². The van der Waals surface area contributed by atoms with Crippen molar-refractivity contribution in [2.75, 3.05) is 25.0 Å². The molecule has 0 radical (unpaired) electrons. The minimum Gasteiger partial charge on any atom is -0.434 e. The van der Waals surface area contributed by atoms with Crippen molar-refractivity contribution in [3.63, 3.8) is 0 Å². The molecule has 2 aromatic heterocycles. The van der Waals surface area contributed by atoms with Crippen LogP contribution in [-0.4, -0.2) is 52.0 Å². The highest BCUT2D eigenvalue weighted by Gasteiger charge is 2.09. The van der Waals surface area contributed by atoms with Crippen LogP contribution in [-0.2, 0) is 13.6 Å². The molecule has 9 nitrogen and oxygen atoms in total. The smallest absolute Gasteiger partial charge is 0.387 e. The molecule has 0 bridgehead atoms. The molecule has 0 atom stereocenters. The number of nitrogens with one attached hydrogen (secondary N) is 3. The first-order valence-corrected chi connectivity index (χ1v) is 9.50. The minimum atomic E-state index is -2.87. The number of fused-ring (bicyclic) bond motifs is 1. The van der Waals surface area contributed by atoms with Gasteiger partial charge in [0.05, 0.1) is 18.1 Å². The summed E-state index contributed by atoms with van der Waals surface area (Å²) in [7, 11) is 1.82. The number of ether oxygens (including phenoxy) is 1. The third kappa shape index (κ3) is 5.52. The maximum absolute atomic E-state index is 12.6. The van der Waals surface area contributed by atoms with E-state index in [1.54, 1.807) is 29.1 Å². The molecule has 0 saturated carbocycles. The number of anilines is 1. The number of guanidine groups is 1. The zero-order chi connectivity index (χ0) is 21.3. The van der Waals surface area contributed by atoms with E-state index in [9.17, 15) is 8.78 Å². The summed E-state index contributed by atoms with van der Waals surface area (Å²) in [6.45, 7) is 1.08. The number of alkyl halides is 2. The highest BCUT2D eigenvalue weighted by molar-refractivity contribution is 5.86. The molecule has 3 N–H and O–H groups in total. The largest absolute Gasteiger partial charge is 0.434 e. The zero-order valence-corrected chi connectivity index (χ0v) is 16.8. The lowest BCUT2D eigenvalue weighted by molar-refractivity contribution is -0.0504. The van der Waals surface area contributed by atoms with E-state index in [0.717, 1.165) is 11.0 Å². The second kappa shape index (κ2) is 10.3. The second-order valence-electron chi connectivity index (χ2n) is 6.26. The number of benzene rings is 1. The molecule has 2 heterocycles. The van der Waals surface area contributed by atoms with Crippen LogP contribution in [0.1, 0.15) is 12.5 Å². The summed E-state index contributed by atoms with van der Waals surface area (Å²) in [5.41, 5.74) is 1.33. The van der Waals surface area contributed by atoms with Crippen molar-refractivity contribution in [2.45, 2.75) is 20.1 Å². The van der Waals surface area contributed by atoms with E-state index in [0.29, 0.717) is 37.0 Å². The van der Waals surface area contributed by atoms with Crippen LogP contribution in [0.2, 0.25) is 0 Å². The summed E-state index contributed by atoms with van der Waals surface area (Å²) in [5, 5.41) is 14.6. The van der Waals surface area contributed by atoms with Crippen LogP contribution in [0.15, 0.2) is 41.8 Å². The normalized spacial score (nSPS) is 11.7. The first-order chi connectivity index (χ1) is 14.6. The number of nitrogens with zero attached hydrogens (tertiary/aromatic N) is 5. The number of aliphatic imine (C=N–C) groups is 1. The van der Waals surface area contributed by atoms with Crippen molar-refractivity contribution in [3.8, 4) is 5.75 Å². The highest BCUT2D eigenvalue weighted by atomic mass is 19.3. The maximum Gasteiger partial charge on any atom is 0.387 e. The molecule has 30 heavy (non-hydrogen) atoms. The number of halogens is 2. The first kappa shape index (κ1) is 21.2. The Morgan fingerprint density at radius 1 is 1.20 bits per heavy atom. The van der Waals surface area contributed by atoms with Gasteiger partial charge in [-0.1, -0.05) is 18.2 Å². The molecule has 0 fully saturated rings. The number of aryl methyl sites for hydroxylation is 1. The van der Waals surface area contributed by atoms with E-state index in [1.807, 2.05) is 14.0 Å². The van der Waals surface area contributed by atoms with Gasteiger partial charge < -0.3 is 20.7 Å². The molecule has 0 saturated heterocycles. The molecule has 0 aliphatic carbocycles. The number of hydrogen-bond donors (Lipinski definition) is 3. The van der Waals surface area contributed by atoms with Gasteiger partial charge in [-0.15, -0.1) is 0 Å². The standard InChI is InChI=1S/C19H24F2N8O/c1-3-22-19(25-10-13-6-4-5-7-15(13)30-18(20)21)24-9-8-23-16-14-11-28-29(2)17(14)27-12-26-16/h4-7,11-12,18H,3,8-10H2,1-2H3,(H2,22,24,25)(H,23,26,27). The van der Waals surface area contributed by atoms with E-state index in [4.69, 9.17) is 0 Å². The Labute approximate surface area is 172 Å². The maximum atomic E-state index is 12.6. The van der Waals surface area contributed by atoms with Gasteiger partial charge in [-0.3, -0.25) is 4.68 Å². The summed E-state index contributed by atoms with van der Waals surface area (Å²) in [6, 6.07) is 6.61. The van der Waals surface area contributed by atoms with Crippen LogP contribution in [0.5, 0.6) is 5.75 Å². The van der Waals surface area contributed by atoms with E-state index in [-0.39, 0.29) is 12.3 Å². The number of hydrogen-bond acceptors (Lipinski definition) is 6. The molecule has 3 aromatic rings. The minimum absolute atomic E-state index is 0.123. The van der Waals surface area contributed by atoms with Crippen molar-refractivity contribution in [1.29, 1.82) is 0 Å². The Balaban J connectivity index is 1.57. The zero-order valence-electron chi connectivity index (χ0n) is 16.8. The lowest BCUT2D eigenvalue weighted by Gasteiger charge is -2.13. The molecule has 160 valence electrons. The average Bonchev–Trinajstić information content (AvgIpc) is 3.11. The second-order valence-corrected chi connectivity index (χ2v) is 6.26. The van der Waals surface area contributed by atoms with E-state index in [1.165, 1.54) is 12.4 Å².